The third-order valence-electron chi connectivity index (χ3n) is 9.72. The fourth-order valence-corrected chi connectivity index (χ4v) is 8.59. The molecular formula is C22H31F3O6S. The van der Waals surface area contributed by atoms with E-state index in [2.05, 4.69) is 11.1 Å². The molecule has 0 radical (unpaired) electrons. The lowest BCUT2D eigenvalue weighted by Gasteiger charge is -2.61. The molecule has 5 fully saturated rings. The number of Topliss-reactive ketones (excluding diaryl/α,β-unsaturated/α-hetero) is 1. The van der Waals surface area contributed by atoms with E-state index in [0.717, 1.165) is 38.5 Å². The van der Waals surface area contributed by atoms with Gasteiger partial charge in [-0.1, -0.05) is 13.8 Å². The molecule has 6 nitrogen and oxygen atoms in total. The summed E-state index contributed by atoms with van der Waals surface area (Å²) in [5, 5.41) is 0. The minimum Gasteiger partial charge on any atom is -0.348 e. The SMILES string of the molecule is CC12CCC3C(CCC4CC5(CCC43C)OCCO5)C1CC(OS(=O)(=O)C(F)(F)F)C2=O. The number of carbonyl (C=O) groups excluding carboxylic acids is 1. The number of ether oxygens (including phenoxy) is 2. The summed E-state index contributed by atoms with van der Waals surface area (Å²) in [5.74, 6) is -0.139. The average molecular weight is 481 g/mol. The highest BCUT2D eigenvalue weighted by molar-refractivity contribution is 7.87. The van der Waals surface area contributed by atoms with E-state index in [1.807, 2.05) is 0 Å². The summed E-state index contributed by atoms with van der Waals surface area (Å²) in [6.07, 6.45) is 4.38. The first-order valence-electron chi connectivity index (χ1n) is 11.6. The predicted molar refractivity (Wildman–Crippen MR) is 107 cm³/mol. The van der Waals surface area contributed by atoms with Gasteiger partial charge in [-0.05, 0) is 67.6 Å². The Hall–Kier alpha value is -0.710. The zero-order chi connectivity index (χ0) is 23.2. The molecule has 4 saturated carbocycles. The molecule has 0 aromatic rings. The molecule has 0 amide bonds. The second-order valence-corrected chi connectivity index (χ2v) is 12.6. The molecule has 5 aliphatic rings. The van der Waals surface area contributed by atoms with Crippen LogP contribution in [0.2, 0.25) is 0 Å². The second-order valence-electron chi connectivity index (χ2n) is 11.0. The standard InChI is InChI=1S/C22H31F3O6S/c1-19-7-8-21(29-9-10-30-21)12-13(19)3-4-14-15(19)5-6-20(2)16(14)11-17(18(20)26)31-32(27,28)22(23,24)25/h13-17H,3-12H2,1-2H3. The lowest BCUT2D eigenvalue weighted by atomic mass is 9.45. The zero-order valence-corrected chi connectivity index (χ0v) is 19.3. The minimum atomic E-state index is -5.81. The van der Waals surface area contributed by atoms with Gasteiger partial charge in [-0.15, -0.1) is 0 Å². The Morgan fingerprint density at radius 2 is 1.69 bits per heavy atom. The van der Waals surface area contributed by atoms with Crippen LogP contribution in [0.3, 0.4) is 0 Å². The third kappa shape index (κ3) is 3.22. The van der Waals surface area contributed by atoms with Crippen molar-refractivity contribution in [2.75, 3.05) is 13.2 Å². The lowest BCUT2D eigenvalue weighted by molar-refractivity contribution is -0.228. The Morgan fingerprint density at radius 1 is 1.00 bits per heavy atom. The molecule has 32 heavy (non-hydrogen) atoms. The van der Waals surface area contributed by atoms with E-state index >= 15 is 0 Å². The summed E-state index contributed by atoms with van der Waals surface area (Å²) >= 11 is 0. The Balaban J connectivity index is 1.37. The summed E-state index contributed by atoms with van der Waals surface area (Å²) in [4.78, 5) is 13.1. The van der Waals surface area contributed by atoms with Gasteiger partial charge in [0.1, 0.15) is 6.10 Å². The first-order valence-corrected chi connectivity index (χ1v) is 13.0. The van der Waals surface area contributed by atoms with E-state index < -0.39 is 38.7 Å². The number of halogens is 3. The fourth-order valence-electron chi connectivity index (χ4n) is 8.01. The highest BCUT2D eigenvalue weighted by Gasteiger charge is 2.65. The maximum atomic E-state index is 13.1. The maximum Gasteiger partial charge on any atom is 0.523 e. The highest BCUT2D eigenvalue weighted by Crippen LogP contribution is 2.67. The molecule has 0 N–H and O–H groups in total. The summed E-state index contributed by atoms with van der Waals surface area (Å²) in [5.41, 5.74) is -6.30. The molecule has 1 spiro atoms. The highest BCUT2D eigenvalue weighted by atomic mass is 32.2. The van der Waals surface area contributed by atoms with Crippen molar-refractivity contribution >= 4 is 15.9 Å². The van der Waals surface area contributed by atoms with Crippen LogP contribution in [0.5, 0.6) is 0 Å². The summed E-state index contributed by atoms with van der Waals surface area (Å²) in [7, 11) is -5.81. The van der Waals surface area contributed by atoms with Gasteiger partial charge in [0.25, 0.3) is 0 Å². The van der Waals surface area contributed by atoms with Gasteiger partial charge >= 0.3 is 15.6 Å². The molecule has 1 heterocycles. The van der Waals surface area contributed by atoms with Crippen molar-refractivity contribution in [3.8, 4) is 0 Å². The summed E-state index contributed by atoms with van der Waals surface area (Å²) < 4.78 is 78.2. The maximum absolute atomic E-state index is 13.1. The first-order chi connectivity index (χ1) is 14.8. The van der Waals surface area contributed by atoms with Gasteiger partial charge in [0, 0.05) is 18.3 Å². The number of ketones is 1. The van der Waals surface area contributed by atoms with Crippen molar-refractivity contribution in [2.24, 2.45) is 34.5 Å². The van der Waals surface area contributed by atoms with Crippen molar-refractivity contribution in [3.63, 3.8) is 0 Å². The summed E-state index contributed by atoms with van der Waals surface area (Å²) in [6, 6.07) is 0. The Kier molecular flexibility index (Phi) is 5.15. The molecule has 0 bridgehead atoms. The molecule has 0 aromatic carbocycles. The molecule has 182 valence electrons. The number of alkyl halides is 3. The molecule has 0 aromatic heterocycles. The molecule has 4 aliphatic carbocycles. The number of carbonyl (C=O) groups is 1. The predicted octanol–water partition coefficient (Wildman–Crippen LogP) is 4.19. The van der Waals surface area contributed by atoms with Crippen LogP contribution in [0.25, 0.3) is 0 Å². The number of fused-ring (bicyclic) bond motifs is 5. The van der Waals surface area contributed by atoms with Crippen LogP contribution < -0.4 is 0 Å². The molecule has 7 atom stereocenters. The van der Waals surface area contributed by atoms with Crippen molar-refractivity contribution < 1.29 is 40.0 Å². The van der Waals surface area contributed by atoms with Gasteiger partial charge in [-0.25, -0.2) is 0 Å². The quantitative estimate of drug-likeness (QED) is 0.436. The number of hydrogen-bond donors (Lipinski definition) is 0. The van der Waals surface area contributed by atoms with Crippen LogP contribution in [0.1, 0.15) is 65.2 Å². The van der Waals surface area contributed by atoms with E-state index in [-0.39, 0.29) is 23.7 Å². The molecular weight excluding hydrogens is 449 g/mol. The van der Waals surface area contributed by atoms with Crippen molar-refractivity contribution in [2.45, 2.75) is 82.6 Å². The van der Waals surface area contributed by atoms with Gasteiger partial charge in [0.15, 0.2) is 11.6 Å². The van der Waals surface area contributed by atoms with Crippen LogP contribution in [0, 0.1) is 34.5 Å². The van der Waals surface area contributed by atoms with Gasteiger partial charge in [-0.2, -0.15) is 21.6 Å². The van der Waals surface area contributed by atoms with Gasteiger partial charge < -0.3 is 9.47 Å². The van der Waals surface area contributed by atoms with E-state index in [4.69, 9.17) is 9.47 Å². The normalized spacial score (nSPS) is 46.0. The van der Waals surface area contributed by atoms with Gasteiger partial charge in [0.2, 0.25) is 0 Å². The Bertz CT molecular complexity index is 898. The van der Waals surface area contributed by atoms with E-state index in [9.17, 15) is 26.4 Å². The third-order valence-corrected chi connectivity index (χ3v) is 10.8. The Labute approximate surface area is 186 Å². The average Bonchev–Trinajstić information content (AvgIpc) is 3.25. The van der Waals surface area contributed by atoms with E-state index in [1.165, 1.54) is 0 Å². The van der Waals surface area contributed by atoms with Gasteiger partial charge in [-0.3, -0.25) is 8.98 Å². The van der Waals surface area contributed by atoms with Crippen LogP contribution in [0.15, 0.2) is 0 Å². The van der Waals surface area contributed by atoms with E-state index in [0.29, 0.717) is 31.5 Å². The van der Waals surface area contributed by atoms with Crippen molar-refractivity contribution in [1.82, 2.24) is 0 Å². The first kappa shape index (κ1) is 23.1. The minimum absolute atomic E-state index is 0.0444. The van der Waals surface area contributed by atoms with Gasteiger partial charge in [0.05, 0.1) is 13.2 Å². The second kappa shape index (κ2) is 7.15. The van der Waals surface area contributed by atoms with Crippen LogP contribution in [-0.2, 0) is 28.6 Å². The zero-order valence-electron chi connectivity index (χ0n) is 18.4. The molecule has 5 rings (SSSR count). The molecule has 1 saturated heterocycles. The number of rotatable bonds is 2. The van der Waals surface area contributed by atoms with Crippen molar-refractivity contribution in [3.05, 3.63) is 0 Å². The van der Waals surface area contributed by atoms with E-state index in [1.54, 1.807) is 6.92 Å². The molecule has 10 heteroatoms. The van der Waals surface area contributed by atoms with Crippen LogP contribution >= 0.6 is 0 Å². The Morgan fingerprint density at radius 3 is 2.34 bits per heavy atom. The molecule has 1 aliphatic heterocycles. The molecule has 7 unspecified atom stereocenters. The smallest absolute Gasteiger partial charge is 0.348 e. The van der Waals surface area contributed by atoms with Crippen LogP contribution in [-0.4, -0.2) is 44.8 Å². The largest absolute Gasteiger partial charge is 0.523 e. The monoisotopic (exact) mass is 480 g/mol. The number of hydrogen-bond acceptors (Lipinski definition) is 6. The van der Waals surface area contributed by atoms with Crippen molar-refractivity contribution in [1.29, 1.82) is 0 Å². The summed E-state index contributed by atoms with van der Waals surface area (Å²) in [6.45, 7) is 5.36. The fraction of sp³-hybridized carbons (Fsp3) is 0.955. The lowest BCUT2D eigenvalue weighted by Crippen LogP contribution is -2.56. The van der Waals surface area contributed by atoms with Crippen LogP contribution in [0.4, 0.5) is 13.2 Å². The topological polar surface area (TPSA) is 78.9 Å².